The topological polar surface area (TPSA) is 89.1 Å². The minimum Gasteiger partial charge on any atom is -0.492 e. The molecule has 2 amide bonds. The highest BCUT2D eigenvalue weighted by Gasteiger charge is 2.40. The lowest BCUT2D eigenvalue weighted by atomic mass is 9.92. The van der Waals surface area contributed by atoms with Gasteiger partial charge in [0.1, 0.15) is 18.0 Å². The maximum atomic E-state index is 14.6. The molecule has 2 N–H and O–H groups in total. The van der Waals surface area contributed by atoms with Crippen LogP contribution in [0.4, 0.5) is 10.1 Å². The van der Waals surface area contributed by atoms with Crippen molar-refractivity contribution in [3.63, 3.8) is 0 Å². The van der Waals surface area contributed by atoms with Gasteiger partial charge in [0.05, 0.1) is 20.1 Å². The van der Waals surface area contributed by atoms with E-state index in [9.17, 15) is 14.0 Å². The molecule has 5 aromatic rings. The zero-order chi connectivity index (χ0) is 40.2. The summed E-state index contributed by atoms with van der Waals surface area (Å²) in [6.07, 6.45) is 0.647. The number of hydrogen-bond acceptors (Lipinski definition) is 6. The van der Waals surface area contributed by atoms with E-state index in [0.717, 1.165) is 49.0 Å². The van der Waals surface area contributed by atoms with E-state index >= 15 is 0 Å². The van der Waals surface area contributed by atoms with Gasteiger partial charge >= 0.3 is 0 Å². The molecule has 0 saturated heterocycles. The van der Waals surface area contributed by atoms with Crippen LogP contribution in [0.2, 0.25) is 0 Å². The Kier molecular flexibility index (Phi) is 15.9. The Bertz CT molecular complexity index is 2090. The fraction of sp³-hybridized carbons (Fsp3) is 0.333. The average Bonchev–Trinajstić information content (AvgIpc) is 3.32. The predicted octanol–water partition coefficient (Wildman–Crippen LogP) is 9.49. The molecule has 2 atom stereocenters. The number of anilines is 1. The summed E-state index contributed by atoms with van der Waals surface area (Å²) in [6, 6.07) is 38.6. The fourth-order valence-corrected chi connectivity index (χ4v) is 7.14. The molecule has 6 rings (SSSR count). The van der Waals surface area contributed by atoms with E-state index < -0.39 is 23.9 Å². The molecule has 10 heteroatoms. The van der Waals surface area contributed by atoms with E-state index in [1.165, 1.54) is 11.6 Å². The van der Waals surface area contributed by atoms with Crippen molar-refractivity contribution in [1.29, 1.82) is 0 Å². The van der Waals surface area contributed by atoms with Crippen molar-refractivity contribution in [3.05, 3.63) is 149 Å². The van der Waals surface area contributed by atoms with Gasteiger partial charge in [-0.2, -0.15) is 0 Å². The number of methoxy groups -OCH3 is 1. The second-order valence-corrected chi connectivity index (χ2v) is 15.6. The molecule has 1 aliphatic rings. The third-order valence-electron chi connectivity index (χ3n) is 9.90. The second-order valence-electron chi connectivity index (χ2n) is 15.6. The van der Waals surface area contributed by atoms with Crippen LogP contribution >= 0.6 is 12.4 Å². The summed E-state index contributed by atoms with van der Waals surface area (Å²) < 4.78 is 33.7. The van der Waals surface area contributed by atoms with Crippen LogP contribution in [0.1, 0.15) is 68.4 Å². The van der Waals surface area contributed by atoms with Crippen molar-refractivity contribution in [3.8, 4) is 22.6 Å². The van der Waals surface area contributed by atoms with Gasteiger partial charge in [-0.15, -0.1) is 12.4 Å². The first-order chi connectivity index (χ1) is 27.6. The largest absolute Gasteiger partial charge is 0.492 e. The van der Waals surface area contributed by atoms with Crippen LogP contribution in [-0.4, -0.2) is 51.3 Å². The van der Waals surface area contributed by atoms with E-state index in [4.69, 9.17) is 14.2 Å². The number of nitrogens with zero attached hydrogens (tertiary/aromatic N) is 1. The lowest BCUT2D eigenvalue weighted by Gasteiger charge is -2.31. The number of carbonyl (C=O) groups excluding carboxylic acids is 2. The number of para-hydroxylation sites is 1. The summed E-state index contributed by atoms with van der Waals surface area (Å²) in [7, 11) is 1.60. The summed E-state index contributed by atoms with van der Waals surface area (Å²) >= 11 is 0. The van der Waals surface area contributed by atoms with Crippen LogP contribution < -0.4 is 25.0 Å². The molecule has 0 saturated carbocycles. The Balaban J connectivity index is 0.00000641. The number of halogens is 2. The van der Waals surface area contributed by atoms with Crippen LogP contribution in [0, 0.1) is 11.2 Å². The van der Waals surface area contributed by atoms with Gasteiger partial charge in [-0.1, -0.05) is 118 Å². The highest BCUT2D eigenvalue weighted by atomic mass is 35.5. The smallest absolute Gasteiger partial charge is 0.256 e. The monoisotopic (exact) mass is 807 g/mol. The second kappa shape index (κ2) is 21.0. The van der Waals surface area contributed by atoms with Crippen LogP contribution in [0.25, 0.3) is 11.1 Å². The molecule has 5 aromatic carbocycles. The zero-order valence-electron chi connectivity index (χ0n) is 33.8. The maximum Gasteiger partial charge on any atom is 0.256 e. The van der Waals surface area contributed by atoms with Gasteiger partial charge in [0, 0.05) is 35.5 Å². The first-order valence-corrected chi connectivity index (χ1v) is 19.8. The summed E-state index contributed by atoms with van der Waals surface area (Å²) in [5, 5.41) is 6.32. The van der Waals surface area contributed by atoms with Gasteiger partial charge < -0.3 is 29.7 Å². The van der Waals surface area contributed by atoms with Gasteiger partial charge in [-0.3, -0.25) is 9.59 Å². The van der Waals surface area contributed by atoms with Crippen LogP contribution in [-0.2, 0) is 27.3 Å². The van der Waals surface area contributed by atoms with Gasteiger partial charge in [0.15, 0.2) is 11.5 Å². The third kappa shape index (κ3) is 11.7. The number of ether oxygens (including phenoxy) is 3. The number of nitrogens with one attached hydrogen (secondary N) is 2. The Morgan fingerprint density at radius 1 is 0.828 bits per heavy atom. The first kappa shape index (κ1) is 43.9. The third-order valence-corrected chi connectivity index (χ3v) is 9.90. The summed E-state index contributed by atoms with van der Waals surface area (Å²) in [6.45, 7) is 8.78. The van der Waals surface area contributed by atoms with Gasteiger partial charge in [0.25, 0.3) is 5.91 Å². The zero-order valence-corrected chi connectivity index (χ0v) is 34.7. The Morgan fingerprint density at radius 2 is 1.53 bits per heavy atom. The number of benzene rings is 5. The minimum absolute atomic E-state index is 0. The molecule has 306 valence electrons. The standard InChI is InChI=1S/C48H54FN3O5.ClH/c1-48(2,3)33-52-41-26-25-36(35-19-9-6-10-20-35)30-39(41)45(57-43(47(52)54)31-44(53)51-32-37-21-11-12-23-40(37)49)38-22-13-24-42(46(38)55-4)56-29-15-28-50-27-14-18-34-16-7-5-8-17-34;/h5-13,16-17,19-26,30,43,45,50H,14-15,18,27-29,31-33H2,1-4H3,(H,51,53);1H/t43-,45-;/m1./s1. The number of fused-ring (bicyclic) bond motifs is 1. The van der Waals surface area contributed by atoms with E-state index in [0.29, 0.717) is 41.5 Å². The Hall–Kier alpha value is -5.22. The van der Waals surface area contributed by atoms with Gasteiger partial charge in [0.2, 0.25) is 5.91 Å². The molecule has 1 heterocycles. The van der Waals surface area contributed by atoms with Crippen molar-refractivity contribution >= 4 is 29.9 Å². The average molecular weight is 808 g/mol. The van der Waals surface area contributed by atoms with Crippen molar-refractivity contribution in [1.82, 2.24) is 10.6 Å². The highest BCUT2D eigenvalue weighted by molar-refractivity contribution is 6.00. The summed E-state index contributed by atoms with van der Waals surface area (Å²) in [4.78, 5) is 29.9. The SMILES string of the molecule is COc1c(OCCCNCCCc2ccccc2)cccc1[C@H]1O[C@H](CC(=O)NCc2ccccc2F)C(=O)N(CC(C)(C)C)c2ccc(-c3ccccc3)cc21.Cl. The van der Waals surface area contributed by atoms with E-state index in [2.05, 4.69) is 61.7 Å². The normalized spacial score (nSPS) is 15.2. The van der Waals surface area contributed by atoms with Crippen LogP contribution in [0.3, 0.4) is 0 Å². The summed E-state index contributed by atoms with van der Waals surface area (Å²) in [5.74, 6) is -0.117. The molecule has 0 spiro atoms. The molecule has 0 bridgehead atoms. The van der Waals surface area contributed by atoms with Crippen molar-refractivity contribution in [2.24, 2.45) is 5.41 Å². The fourth-order valence-electron chi connectivity index (χ4n) is 7.14. The molecule has 1 aliphatic heterocycles. The quantitative estimate of drug-likeness (QED) is 0.0911. The first-order valence-electron chi connectivity index (χ1n) is 19.8. The molecule has 0 fully saturated rings. The van der Waals surface area contributed by atoms with Gasteiger partial charge in [-0.05, 0) is 78.7 Å². The van der Waals surface area contributed by atoms with Crippen molar-refractivity contribution < 1.29 is 28.2 Å². The van der Waals surface area contributed by atoms with E-state index in [-0.39, 0.29) is 36.7 Å². The number of amides is 2. The van der Waals surface area contributed by atoms with Crippen LogP contribution in [0.5, 0.6) is 11.5 Å². The molecular weight excluding hydrogens is 753 g/mol. The molecule has 58 heavy (non-hydrogen) atoms. The lowest BCUT2D eigenvalue weighted by Crippen LogP contribution is -2.45. The van der Waals surface area contributed by atoms with Crippen molar-refractivity contribution in [2.45, 2.75) is 65.2 Å². The van der Waals surface area contributed by atoms with Gasteiger partial charge in [-0.25, -0.2) is 4.39 Å². The number of aryl methyl sites for hydroxylation is 1. The molecule has 0 aliphatic carbocycles. The molecule has 0 aromatic heterocycles. The van der Waals surface area contributed by atoms with E-state index in [1.54, 1.807) is 30.2 Å². The minimum atomic E-state index is -1.16. The summed E-state index contributed by atoms with van der Waals surface area (Å²) in [5.41, 5.74) is 5.50. The lowest BCUT2D eigenvalue weighted by molar-refractivity contribution is -0.138. The predicted molar refractivity (Wildman–Crippen MR) is 231 cm³/mol. The maximum absolute atomic E-state index is 14.6. The van der Waals surface area contributed by atoms with Crippen molar-refractivity contribution in [2.75, 3.05) is 38.3 Å². The molecule has 0 radical (unpaired) electrons. The number of carbonyl (C=O) groups is 2. The van der Waals surface area contributed by atoms with Crippen LogP contribution in [0.15, 0.2) is 121 Å². The number of hydrogen-bond donors (Lipinski definition) is 2. The molecular formula is C48H55ClFN3O5. The molecule has 8 nitrogen and oxygen atoms in total. The molecule has 0 unspecified atom stereocenters. The highest BCUT2D eigenvalue weighted by Crippen LogP contribution is 2.46. The Labute approximate surface area is 348 Å². The van der Waals surface area contributed by atoms with E-state index in [1.807, 2.05) is 66.7 Å². The Morgan fingerprint density at radius 3 is 2.26 bits per heavy atom. The number of rotatable bonds is 17.